The minimum absolute atomic E-state index is 0.00347. The van der Waals surface area contributed by atoms with E-state index in [0.717, 1.165) is 9.87 Å². The van der Waals surface area contributed by atoms with Crippen LogP contribution in [0.25, 0.3) is 0 Å². The first-order chi connectivity index (χ1) is 18.6. The van der Waals surface area contributed by atoms with E-state index in [0.29, 0.717) is 11.3 Å². The summed E-state index contributed by atoms with van der Waals surface area (Å²) < 4.78 is 38.4. The van der Waals surface area contributed by atoms with Gasteiger partial charge in [-0.25, -0.2) is 18.0 Å². The molecule has 1 saturated heterocycles. The lowest BCUT2D eigenvalue weighted by molar-refractivity contribution is -0.158. The van der Waals surface area contributed by atoms with Gasteiger partial charge in [0.15, 0.2) is 0 Å². The maximum absolute atomic E-state index is 13.4. The number of hydrogen-bond donors (Lipinski definition) is 2. The lowest BCUT2D eigenvalue weighted by Gasteiger charge is -2.27. The summed E-state index contributed by atoms with van der Waals surface area (Å²) in [6.45, 7) is 6.66. The molecular weight excluding hydrogens is 538 g/mol. The van der Waals surface area contributed by atoms with Crippen molar-refractivity contribution in [3.05, 3.63) is 59.7 Å². The molecule has 1 aliphatic rings. The maximum Gasteiger partial charge on any atom is 0.414 e. The summed E-state index contributed by atoms with van der Waals surface area (Å²) >= 11 is 0. The van der Waals surface area contributed by atoms with Gasteiger partial charge >= 0.3 is 12.1 Å². The van der Waals surface area contributed by atoms with E-state index in [1.54, 1.807) is 71.3 Å². The third-order valence-electron chi connectivity index (χ3n) is 6.11. The van der Waals surface area contributed by atoms with Gasteiger partial charge in [0.25, 0.3) is 0 Å². The summed E-state index contributed by atoms with van der Waals surface area (Å²) in [6.07, 6.45) is -1.68. The quantitative estimate of drug-likeness (QED) is 0.457. The van der Waals surface area contributed by atoms with Gasteiger partial charge in [0, 0.05) is 33.5 Å². The number of nitrogens with one attached hydrogen (secondary N) is 1. The highest BCUT2D eigenvalue weighted by Gasteiger charge is 2.44. The fourth-order valence-electron chi connectivity index (χ4n) is 4.09. The maximum atomic E-state index is 13.4. The highest BCUT2D eigenvalue weighted by molar-refractivity contribution is 7.89. The average molecular weight is 576 g/mol. The number of nitrogens with zero attached hydrogens (tertiary/aromatic N) is 2. The molecule has 2 aromatic rings. The van der Waals surface area contributed by atoms with Crippen LogP contribution in [0.1, 0.15) is 38.3 Å². The monoisotopic (exact) mass is 575 g/mol. The van der Waals surface area contributed by atoms with Gasteiger partial charge in [0.05, 0.1) is 11.0 Å². The van der Waals surface area contributed by atoms with E-state index in [9.17, 15) is 27.9 Å². The minimum atomic E-state index is -4.10. The molecule has 1 fully saturated rings. The smallest absolute Gasteiger partial charge is 0.414 e. The molecule has 2 aromatic carbocycles. The standard InChI is InChI=1S/C28H37N3O8S/c1-18-7-13-22(14-8-18)40(36,37)31-17-20(32)16-24(31)25(33)29-23(26(34)39-28(2,3)4)15-19-9-11-21(12-10-19)38-27(35)30(5)6/h7-14,20,23-24,32H,15-17H2,1-6H3,(H,29,33)/t20-,23+,24+/m1/s1. The lowest BCUT2D eigenvalue weighted by atomic mass is 10.0. The summed E-state index contributed by atoms with van der Waals surface area (Å²) in [6, 6.07) is 10.3. The van der Waals surface area contributed by atoms with E-state index in [1.807, 2.05) is 6.92 Å². The molecule has 12 heteroatoms. The molecule has 0 saturated carbocycles. The second-order valence-electron chi connectivity index (χ2n) is 11.0. The van der Waals surface area contributed by atoms with Gasteiger partial charge in [-0.15, -0.1) is 0 Å². The SMILES string of the molecule is Cc1ccc(S(=O)(=O)N2C[C@H](O)C[C@H]2C(=O)N[C@@H](Cc2ccc(OC(=O)N(C)C)cc2)C(=O)OC(C)(C)C)cc1. The molecule has 3 rings (SSSR count). The first-order valence-corrected chi connectivity index (χ1v) is 14.3. The molecule has 0 spiro atoms. The normalized spacial score (nSPS) is 18.6. The number of rotatable bonds is 8. The number of carbonyl (C=O) groups is 3. The number of aryl methyl sites for hydroxylation is 1. The Morgan fingerprint density at radius 1 is 1.07 bits per heavy atom. The van der Waals surface area contributed by atoms with Gasteiger partial charge in [-0.05, 0) is 57.5 Å². The predicted octanol–water partition coefficient (Wildman–Crippen LogP) is 2.25. The average Bonchev–Trinajstić information content (AvgIpc) is 3.26. The van der Waals surface area contributed by atoms with E-state index in [2.05, 4.69) is 5.32 Å². The number of sulfonamides is 1. The number of esters is 1. The largest absolute Gasteiger partial charge is 0.458 e. The molecule has 0 aliphatic carbocycles. The van der Waals surface area contributed by atoms with Crippen molar-refractivity contribution < 1.29 is 37.4 Å². The molecule has 1 aliphatic heterocycles. The van der Waals surface area contributed by atoms with Crippen molar-refractivity contribution in [1.82, 2.24) is 14.5 Å². The van der Waals surface area contributed by atoms with Crippen molar-refractivity contribution in [3.8, 4) is 5.75 Å². The molecule has 0 aromatic heterocycles. The van der Waals surface area contributed by atoms with Crippen LogP contribution in [-0.2, 0) is 30.8 Å². The van der Waals surface area contributed by atoms with E-state index >= 15 is 0 Å². The van der Waals surface area contributed by atoms with E-state index < -0.39 is 51.8 Å². The molecule has 0 radical (unpaired) electrons. The first-order valence-electron chi connectivity index (χ1n) is 12.8. The second kappa shape index (κ2) is 12.4. The zero-order chi connectivity index (χ0) is 29.8. The Morgan fingerprint density at radius 3 is 2.23 bits per heavy atom. The number of β-amino-alcohol motifs (C(OH)–C–C–N with tert-alkyl or cyclic N) is 1. The topological polar surface area (TPSA) is 143 Å². The van der Waals surface area contributed by atoms with Crippen LogP contribution in [0.3, 0.4) is 0 Å². The van der Waals surface area contributed by atoms with Crippen LogP contribution in [0.2, 0.25) is 0 Å². The molecule has 1 heterocycles. The Hall–Kier alpha value is -3.48. The highest BCUT2D eigenvalue weighted by Crippen LogP contribution is 2.27. The molecule has 3 atom stereocenters. The van der Waals surface area contributed by atoms with E-state index in [4.69, 9.17) is 9.47 Å². The Morgan fingerprint density at radius 2 is 1.68 bits per heavy atom. The first kappa shape index (κ1) is 31.1. The van der Waals surface area contributed by atoms with Gasteiger partial charge in [0.2, 0.25) is 15.9 Å². The fourth-order valence-corrected chi connectivity index (χ4v) is 5.73. The summed E-state index contributed by atoms with van der Waals surface area (Å²) in [5.74, 6) is -1.12. The van der Waals surface area contributed by atoms with Crippen LogP contribution < -0.4 is 10.1 Å². The van der Waals surface area contributed by atoms with Crippen LogP contribution in [0.5, 0.6) is 5.75 Å². The Bertz CT molecular complexity index is 1320. The van der Waals surface area contributed by atoms with Crippen LogP contribution in [0, 0.1) is 6.92 Å². The summed E-state index contributed by atoms with van der Waals surface area (Å²) in [7, 11) is -0.982. The van der Waals surface area contributed by atoms with Gasteiger partial charge < -0.3 is 24.8 Å². The molecule has 40 heavy (non-hydrogen) atoms. The van der Waals surface area contributed by atoms with Crippen molar-refractivity contribution in [3.63, 3.8) is 0 Å². The van der Waals surface area contributed by atoms with Gasteiger partial charge in [-0.3, -0.25) is 4.79 Å². The van der Waals surface area contributed by atoms with E-state index in [-0.39, 0.29) is 24.3 Å². The molecular formula is C28H37N3O8S. The lowest BCUT2D eigenvalue weighted by Crippen LogP contribution is -2.52. The summed E-state index contributed by atoms with van der Waals surface area (Å²) in [4.78, 5) is 39.6. The van der Waals surface area contributed by atoms with Crippen LogP contribution in [0.4, 0.5) is 4.79 Å². The number of hydrogen-bond acceptors (Lipinski definition) is 8. The Balaban J connectivity index is 1.82. The Labute approximate surface area is 235 Å². The van der Waals surface area contributed by atoms with Crippen molar-refractivity contribution in [1.29, 1.82) is 0 Å². The number of benzene rings is 2. The number of aliphatic hydroxyl groups excluding tert-OH is 1. The van der Waals surface area contributed by atoms with Gasteiger partial charge in [0.1, 0.15) is 23.4 Å². The fraction of sp³-hybridized carbons (Fsp3) is 0.464. The highest BCUT2D eigenvalue weighted by atomic mass is 32.2. The molecule has 0 bridgehead atoms. The van der Waals surface area contributed by atoms with Gasteiger partial charge in [-0.2, -0.15) is 4.31 Å². The van der Waals surface area contributed by atoms with Crippen LogP contribution >= 0.6 is 0 Å². The van der Waals surface area contributed by atoms with Crippen molar-refractivity contribution in [2.24, 2.45) is 0 Å². The molecule has 0 unspecified atom stereocenters. The zero-order valence-electron chi connectivity index (χ0n) is 23.6. The van der Waals surface area contributed by atoms with Crippen molar-refractivity contribution in [2.45, 2.75) is 69.2 Å². The predicted molar refractivity (Wildman–Crippen MR) is 147 cm³/mol. The van der Waals surface area contributed by atoms with Crippen molar-refractivity contribution >= 4 is 28.0 Å². The minimum Gasteiger partial charge on any atom is -0.458 e. The van der Waals surface area contributed by atoms with Crippen LogP contribution in [0.15, 0.2) is 53.4 Å². The molecule has 218 valence electrons. The number of amides is 2. The summed E-state index contributed by atoms with van der Waals surface area (Å²) in [5, 5.41) is 13.0. The van der Waals surface area contributed by atoms with Gasteiger partial charge in [-0.1, -0.05) is 29.8 Å². The number of carbonyl (C=O) groups excluding carboxylic acids is 3. The van der Waals surface area contributed by atoms with Crippen molar-refractivity contribution in [2.75, 3.05) is 20.6 Å². The third-order valence-corrected chi connectivity index (χ3v) is 7.99. The Kier molecular flexibility index (Phi) is 9.60. The van der Waals surface area contributed by atoms with E-state index in [1.165, 1.54) is 17.0 Å². The number of aliphatic hydroxyl groups is 1. The molecule has 2 N–H and O–H groups in total. The third kappa shape index (κ3) is 8.03. The molecule has 2 amide bonds. The zero-order valence-corrected chi connectivity index (χ0v) is 24.4. The number of ether oxygens (including phenoxy) is 2. The molecule has 11 nitrogen and oxygen atoms in total. The van der Waals surface area contributed by atoms with Crippen LogP contribution in [-0.4, -0.2) is 85.1 Å². The second-order valence-corrected chi connectivity index (χ2v) is 12.9. The summed E-state index contributed by atoms with van der Waals surface area (Å²) in [5.41, 5.74) is 0.671.